The van der Waals surface area contributed by atoms with Crippen LogP contribution in [0.25, 0.3) is 0 Å². The maximum atomic E-state index is 12.3. The van der Waals surface area contributed by atoms with Gasteiger partial charge in [-0.25, -0.2) is 0 Å². The number of amides is 1. The van der Waals surface area contributed by atoms with Crippen molar-refractivity contribution in [2.75, 3.05) is 19.6 Å². The van der Waals surface area contributed by atoms with Gasteiger partial charge in [0, 0.05) is 13.1 Å². The Morgan fingerprint density at radius 3 is 2.56 bits per heavy atom. The third-order valence-corrected chi connectivity index (χ3v) is 3.90. The topological polar surface area (TPSA) is 78.4 Å². The molecule has 0 aromatic carbocycles. The van der Waals surface area contributed by atoms with E-state index in [1.807, 2.05) is 6.92 Å². The lowest BCUT2D eigenvalue weighted by molar-refractivity contribution is -0.147. The summed E-state index contributed by atoms with van der Waals surface area (Å²) < 4.78 is 0. The first-order valence-electron chi connectivity index (χ1n) is 6.56. The lowest BCUT2D eigenvalue weighted by Gasteiger charge is -2.36. The normalized spacial score (nSPS) is 24.6. The van der Waals surface area contributed by atoms with Gasteiger partial charge in [-0.2, -0.15) is 0 Å². The molecule has 0 aromatic rings. The Bertz CT molecular complexity index is 320. The first kappa shape index (κ1) is 15.0. The lowest BCUT2D eigenvalue weighted by Crippen LogP contribution is -2.52. The molecule has 18 heavy (non-hydrogen) atoms. The number of aliphatic carboxylic acids is 1. The average molecular weight is 256 g/mol. The van der Waals surface area contributed by atoms with Crippen molar-refractivity contribution in [2.24, 2.45) is 10.8 Å². The maximum absolute atomic E-state index is 12.3. The highest BCUT2D eigenvalue weighted by molar-refractivity contribution is 5.84. The standard InChI is InChI=1S/C13H24N2O3/c1-4-13(6-5-7-14-9-13)10(16)15-8-12(2,3)11(17)18/h14H,4-9H2,1-3H3,(H,15,16)(H,17,18). The second kappa shape index (κ2) is 5.69. The minimum atomic E-state index is -0.924. The Morgan fingerprint density at radius 2 is 2.11 bits per heavy atom. The van der Waals surface area contributed by atoms with Crippen LogP contribution in [-0.4, -0.2) is 36.6 Å². The minimum Gasteiger partial charge on any atom is -0.481 e. The molecule has 0 bridgehead atoms. The van der Waals surface area contributed by atoms with Crippen molar-refractivity contribution in [3.8, 4) is 0 Å². The average Bonchev–Trinajstić information content (AvgIpc) is 2.36. The van der Waals surface area contributed by atoms with Crippen molar-refractivity contribution in [1.29, 1.82) is 0 Å². The molecule has 1 fully saturated rings. The van der Waals surface area contributed by atoms with Gasteiger partial charge in [-0.15, -0.1) is 0 Å². The van der Waals surface area contributed by atoms with E-state index in [0.717, 1.165) is 25.8 Å². The van der Waals surface area contributed by atoms with Crippen molar-refractivity contribution in [2.45, 2.75) is 40.0 Å². The summed E-state index contributed by atoms with van der Waals surface area (Å²) in [5.41, 5.74) is -1.29. The number of carboxylic acid groups (broad SMARTS) is 1. The van der Waals surface area contributed by atoms with Gasteiger partial charge in [0.1, 0.15) is 0 Å². The molecule has 0 aromatic heterocycles. The van der Waals surface area contributed by atoms with Crippen molar-refractivity contribution in [3.63, 3.8) is 0 Å². The molecule has 0 aliphatic carbocycles. The van der Waals surface area contributed by atoms with E-state index in [0.29, 0.717) is 6.54 Å². The molecule has 1 rings (SSSR count). The van der Waals surface area contributed by atoms with Crippen LogP contribution >= 0.6 is 0 Å². The number of carboxylic acids is 1. The van der Waals surface area contributed by atoms with Gasteiger partial charge in [0.2, 0.25) is 5.91 Å². The quantitative estimate of drug-likeness (QED) is 0.685. The first-order chi connectivity index (χ1) is 8.34. The maximum Gasteiger partial charge on any atom is 0.310 e. The first-order valence-corrected chi connectivity index (χ1v) is 6.56. The van der Waals surface area contributed by atoms with Gasteiger partial charge < -0.3 is 15.7 Å². The Labute approximate surface area is 108 Å². The highest BCUT2D eigenvalue weighted by Crippen LogP contribution is 2.30. The van der Waals surface area contributed by atoms with Crippen LogP contribution in [0.2, 0.25) is 0 Å². The fourth-order valence-electron chi connectivity index (χ4n) is 2.19. The number of carbonyl (C=O) groups excluding carboxylic acids is 1. The van der Waals surface area contributed by atoms with E-state index in [-0.39, 0.29) is 17.9 Å². The molecule has 1 amide bonds. The summed E-state index contributed by atoms with van der Waals surface area (Å²) >= 11 is 0. The summed E-state index contributed by atoms with van der Waals surface area (Å²) in [5.74, 6) is -0.915. The van der Waals surface area contributed by atoms with Gasteiger partial charge in [0.05, 0.1) is 10.8 Å². The zero-order valence-corrected chi connectivity index (χ0v) is 11.5. The predicted octanol–water partition coefficient (Wildman–Crippen LogP) is 0.993. The van der Waals surface area contributed by atoms with Crippen LogP contribution in [0, 0.1) is 10.8 Å². The summed E-state index contributed by atoms with van der Waals surface area (Å²) in [4.78, 5) is 23.3. The van der Waals surface area contributed by atoms with Crippen molar-refractivity contribution in [3.05, 3.63) is 0 Å². The van der Waals surface area contributed by atoms with E-state index >= 15 is 0 Å². The molecule has 0 spiro atoms. The molecule has 0 saturated carbocycles. The summed E-state index contributed by atoms with van der Waals surface area (Å²) in [6, 6.07) is 0. The summed E-state index contributed by atoms with van der Waals surface area (Å²) in [7, 11) is 0. The van der Waals surface area contributed by atoms with Crippen LogP contribution in [-0.2, 0) is 9.59 Å². The van der Waals surface area contributed by atoms with E-state index < -0.39 is 11.4 Å². The zero-order chi connectivity index (χ0) is 13.8. The van der Waals surface area contributed by atoms with E-state index in [1.54, 1.807) is 13.8 Å². The number of piperidine rings is 1. The second-order valence-electron chi connectivity index (χ2n) is 5.79. The van der Waals surface area contributed by atoms with Gasteiger partial charge in [-0.05, 0) is 39.7 Å². The van der Waals surface area contributed by atoms with Crippen LogP contribution in [0.1, 0.15) is 40.0 Å². The third kappa shape index (κ3) is 3.22. The van der Waals surface area contributed by atoms with E-state index in [9.17, 15) is 9.59 Å². The van der Waals surface area contributed by atoms with Crippen LogP contribution in [0.3, 0.4) is 0 Å². The van der Waals surface area contributed by atoms with E-state index in [1.165, 1.54) is 0 Å². The number of hydrogen-bond acceptors (Lipinski definition) is 3. The van der Waals surface area contributed by atoms with Crippen LogP contribution in [0.15, 0.2) is 0 Å². The number of nitrogens with one attached hydrogen (secondary N) is 2. The van der Waals surface area contributed by atoms with Gasteiger partial charge in [-0.1, -0.05) is 6.92 Å². The molecule has 0 radical (unpaired) electrons. The highest BCUT2D eigenvalue weighted by Gasteiger charge is 2.39. The van der Waals surface area contributed by atoms with Crippen molar-refractivity contribution < 1.29 is 14.7 Å². The van der Waals surface area contributed by atoms with Crippen LogP contribution < -0.4 is 10.6 Å². The molecule has 1 aliphatic rings. The van der Waals surface area contributed by atoms with Gasteiger partial charge in [0.25, 0.3) is 0 Å². The predicted molar refractivity (Wildman–Crippen MR) is 69.3 cm³/mol. The number of hydrogen-bond donors (Lipinski definition) is 3. The molecule has 1 heterocycles. The molecule has 3 N–H and O–H groups in total. The van der Waals surface area contributed by atoms with Crippen LogP contribution in [0.4, 0.5) is 0 Å². The number of rotatable bonds is 5. The summed E-state index contributed by atoms with van der Waals surface area (Å²) in [6.45, 7) is 7.05. The molecule has 1 atom stereocenters. The van der Waals surface area contributed by atoms with Crippen LogP contribution in [0.5, 0.6) is 0 Å². The molecule has 1 unspecified atom stereocenters. The highest BCUT2D eigenvalue weighted by atomic mass is 16.4. The molecule has 1 saturated heterocycles. The van der Waals surface area contributed by atoms with Crippen molar-refractivity contribution in [1.82, 2.24) is 10.6 Å². The summed E-state index contributed by atoms with van der Waals surface area (Å²) in [5, 5.41) is 15.1. The molecule has 5 nitrogen and oxygen atoms in total. The molecule has 5 heteroatoms. The van der Waals surface area contributed by atoms with Gasteiger partial charge in [0.15, 0.2) is 0 Å². The third-order valence-electron chi connectivity index (χ3n) is 3.90. The van der Waals surface area contributed by atoms with Gasteiger partial charge in [-0.3, -0.25) is 9.59 Å². The molecular weight excluding hydrogens is 232 g/mol. The lowest BCUT2D eigenvalue weighted by atomic mass is 9.77. The Morgan fingerprint density at radius 1 is 1.44 bits per heavy atom. The Balaban J connectivity index is 2.61. The second-order valence-corrected chi connectivity index (χ2v) is 5.79. The molecule has 104 valence electrons. The Kier molecular flexibility index (Phi) is 4.73. The smallest absolute Gasteiger partial charge is 0.310 e. The fraction of sp³-hybridized carbons (Fsp3) is 0.846. The zero-order valence-electron chi connectivity index (χ0n) is 11.5. The van der Waals surface area contributed by atoms with E-state index in [2.05, 4.69) is 10.6 Å². The largest absolute Gasteiger partial charge is 0.481 e. The fourth-order valence-corrected chi connectivity index (χ4v) is 2.19. The van der Waals surface area contributed by atoms with Gasteiger partial charge >= 0.3 is 5.97 Å². The molecule has 1 aliphatic heterocycles. The SMILES string of the molecule is CCC1(C(=O)NCC(C)(C)C(=O)O)CCCNC1. The number of carbonyl (C=O) groups is 2. The Hall–Kier alpha value is -1.10. The summed E-state index contributed by atoms with van der Waals surface area (Å²) in [6.07, 6.45) is 2.64. The monoisotopic (exact) mass is 256 g/mol. The van der Waals surface area contributed by atoms with E-state index in [4.69, 9.17) is 5.11 Å². The minimum absolute atomic E-state index is 0.0217. The molecular formula is C13H24N2O3. The van der Waals surface area contributed by atoms with Crippen molar-refractivity contribution >= 4 is 11.9 Å².